The highest BCUT2D eigenvalue weighted by Crippen LogP contribution is 2.26. The zero-order valence-electron chi connectivity index (χ0n) is 20.1. The molecule has 4 aromatic rings. The van der Waals surface area contributed by atoms with Gasteiger partial charge in [-0.15, -0.1) is 11.6 Å². The summed E-state index contributed by atoms with van der Waals surface area (Å²) in [6.45, 7) is 5.29. The smallest absolute Gasteiger partial charge is 0.298 e. The summed E-state index contributed by atoms with van der Waals surface area (Å²) in [6, 6.07) is 9.87. The van der Waals surface area contributed by atoms with Gasteiger partial charge in [-0.2, -0.15) is 15.3 Å². The molecule has 0 bridgehead atoms. The van der Waals surface area contributed by atoms with Gasteiger partial charge in [0.05, 0.1) is 30.4 Å². The molecular formula is C24H27ClN8O2. The zero-order valence-corrected chi connectivity index (χ0v) is 20.8. The van der Waals surface area contributed by atoms with Crippen LogP contribution in [0.1, 0.15) is 25.1 Å². The minimum absolute atomic E-state index is 0.177. The molecule has 1 aliphatic rings. The van der Waals surface area contributed by atoms with E-state index in [1.165, 1.54) is 7.05 Å². The molecule has 1 atom stereocenters. The van der Waals surface area contributed by atoms with E-state index in [-0.39, 0.29) is 5.92 Å². The number of fused-ring (bicyclic) bond motifs is 1. The van der Waals surface area contributed by atoms with Gasteiger partial charge in [0.2, 0.25) is 0 Å². The standard InChI is InChI=1S/C24H27ClN8O2/c1-14(2)11-32-22-18(23(34)31(4)24(32)35)21(20-17(25)13-30(3)28-20)33(29-22)12-16-10-26-27-19(16)15-8-6-5-7-9-15/h5-10,14,17H,11-13H2,1-4H3,(H,26,27). The van der Waals surface area contributed by atoms with Crippen LogP contribution in [0.15, 0.2) is 51.2 Å². The van der Waals surface area contributed by atoms with Crippen molar-refractivity contribution in [3.8, 4) is 11.3 Å². The molecule has 0 saturated heterocycles. The van der Waals surface area contributed by atoms with Crippen molar-refractivity contribution in [1.82, 2.24) is 34.1 Å². The SMILES string of the molecule is CC(C)Cn1c(=O)n(C)c(=O)c2c(C3=NN(C)CC3Cl)n(Cc3cn[nH]c3-c3ccccc3)nc21. The first kappa shape index (κ1) is 23.1. The normalized spacial score (nSPS) is 16.0. The first-order valence-electron chi connectivity index (χ1n) is 11.5. The van der Waals surface area contributed by atoms with Crippen molar-refractivity contribution in [2.24, 2.45) is 18.1 Å². The molecule has 0 fully saturated rings. The van der Waals surface area contributed by atoms with Crippen LogP contribution >= 0.6 is 11.6 Å². The van der Waals surface area contributed by atoms with Crippen LogP contribution < -0.4 is 11.2 Å². The van der Waals surface area contributed by atoms with Crippen molar-refractivity contribution in [1.29, 1.82) is 0 Å². The van der Waals surface area contributed by atoms with Crippen molar-refractivity contribution in [3.63, 3.8) is 0 Å². The van der Waals surface area contributed by atoms with Crippen LogP contribution in [-0.4, -0.2) is 58.8 Å². The number of hydrogen-bond donors (Lipinski definition) is 1. The number of alkyl halides is 1. The molecule has 10 nitrogen and oxygen atoms in total. The number of nitrogens with zero attached hydrogens (tertiary/aromatic N) is 7. The quantitative estimate of drug-likeness (QED) is 0.414. The van der Waals surface area contributed by atoms with Crippen molar-refractivity contribution >= 4 is 28.3 Å². The van der Waals surface area contributed by atoms with Gasteiger partial charge in [0, 0.05) is 26.2 Å². The van der Waals surface area contributed by atoms with E-state index in [1.54, 1.807) is 20.5 Å². The fourth-order valence-electron chi connectivity index (χ4n) is 4.51. The van der Waals surface area contributed by atoms with Crippen molar-refractivity contribution in [2.75, 3.05) is 13.6 Å². The second-order valence-electron chi connectivity index (χ2n) is 9.29. The van der Waals surface area contributed by atoms with Gasteiger partial charge in [-0.1, -0.05) is 44.2 Å². The Hall–Kier alpha value is -3.66. The number of H-pyrrole nitrogens is 1. The molecule has 5 rings (SSSR count). The van der Waals surface area contributed by atoms with E-state index in [9.17, 15) is 9.59 Å². The van der Waals surface area contributed by atoms with Crippen LogP contribution in [0.4, 0.5) is 0 Å². The average Bonchev–Trinajstić information content (AvgIpc) is 3.52. The Labute approximate surface area is 206 Å². The topological polar surface area (TPSA) is 106 Å². The van der Waals surface area contributed by atoms with E-state index in [1.807, 2.05) is 51.2 Å². The minimum atomic E-state index is -0.424. The molecule has 1 N–H and O–H groups in total. The average molecular weight is 495 g/mol. The van der Waals surface area contributed by atoms with E-state index < -0.39 is 16.6 Å². The summed E-state index contributed by atoms with van der Waals surface area (Å²) in [7, 11) is 3.33. The Kier molecular flexibility index (Phi) is 5.84. The molecule has 182 valence electrons. The maximum absolute atomic E-state index is 13.4. The number of aromatic amines is 1. The Balaban J connectivity index is 1.77. The third-order valence-electron chi connectivity index (χ3n) is 6.12. The lowest BCUT2D eigenvalue weighted by Crippen LogP contribution is -2.39. The number of rotatable bonds is 6. The third kappa shape index (κ3) is 3.97. The number of hydrogen-bond acceptors (Lipinski definition) is 6. The second-order valence-corrected chi connectivity index (χ2v) is 9.81. The van der Waals surface area contributed by atoms with Crippen LogP contribution in [0.25, 0.3) is 22.3 Å². The first-order chi connectivity index (χ1) is 16.8. The summed E-state index contributed by atoms with van der Waals surface area (Å²) in [4.78, 5) is 26.5. The van der Waals surface area contributed by atoms with Crippen molar-refractivity contribution < 1.29 is 0 Å². The van der Waals surface area contributed by atoms with Gasteiger partial charge in [0.1, 0.15) is 16.8 Å². The largest absolute Gasteiger partial charge is 0.332 e. The molecule has 0 aliphatic carbocycles. The molecule has 1 unspecified atom stereocenters. The lowest BCUT2D eigenvalue weighted by atomic mass is 10.1. The Bertz CT molecular complexity index is 1540. The van der Waals surface area contributed by atoms with Crippen LogP contribution in [0.2, 0.25) is 0 Å². The second kappa shape index (κ2) is 8.84. The first-order valence-corrected chi connectivity index (χ1v) is 11.9. The van der Waals surface area contributed by atoms with Gasteiger partial charge in [-0.3, -0.25) is 28.7 Å². The van der Waals surface area contributed by atoms with E-state index in [0.717, 1.165) is 21.4 Å². The Morgan fingerprint density at radius 1 is 1.17 bits per heavy atom. The number of benzene rings is 1. The molecule has 0 spiro atoms. The fourth-order valence-corrected chi connectivity index (χ4v) is 4.86. The van der Waals surface area contributed by atoms with Crippen molar-refractivity contribution in [3.05, 3.63) is 68.6 Å². The number of halogens is 1. The molecule has 11 heteroatoms. The van der Waals surface area contributed by atoms with Gasteiger partial charge in [0.25, 0.3) is 5.56 Å². The Morgan fingerprint density at radius 3 is 2.57 bits per heavy atom. The lowest BCUT2D eigenvalue weighted by Gasteiger charge is -2.11. The third-order valence-corrected chi connectivity index (χ3v) is 6.46. The van der Waals surface area contributed by atoms with Crippen LogP contribution in [0, 0.1) is 5.92 Å². The van der Waals surface area contributed by atoms with E-state index in [4.69, 9.17) is 16.7 Å². The van der Waals surface area contributed by atoms with E-state index in [0.29, 0.717) is 42.1 Å². The Morgan fingerprint density at radius 2 is 1.91 bits per heavy atom. The van der Waals surface area contributed by atoms with E-state index >= 15 is 0 Å². The predicted octanol–water partition coefficient (Wildman–Crippen LogP) is 2.25. The van der Waals surface area contributed by atoms with Gasteiger partial charge < -0.3 is 0 Å². The molecular weight excluding hydrogens is 468 g/mol. The minimum Gasteiger partial charge on any atom is -0.298 e. The highest BCUT2D eigenvalue weighted by atomic mass is 35.5. The summed E-state index contributed by atoms with van der Waals surface area (Å²) in [5, 5.41) is 18.4. The highest BCUT2D eigenvalue weighted by Gasteiger charge is 2.32. The molecule has 0 radical (unpaired) electrons. The van der Waals surface area contributed by atoms with Crippen molar-refractivity contribution in [2.45, 2.75) is 32.3 Å². The molecule has 1 aromatic carbocycles. The van der Waals surface area contributed by atoms with E-state index in [2.05, 4.69) is 15.3 Å². The summed E-state index contributed by atoms with van der Waals surface area (Å²) >= 11 is 6.68. The number of nitrogens with one attached hydrogen (secondary N) is 1. The monoisotopic (exact) mass is 494 g/mol. The molecule has 3 aromatic heterocycles. The zero-order chi connectivity index (χ0) is 24.9. The van der Waals surface area contributed by atoms with Crippen LogP contribution in [-0.2, 0) is 20.1 Å². The molecule has 0 amide bonds. The number of hydrazone groups is 1. The van der Waals surface area contributed by atoms with Gasteiger partial charge >= 0.3 is 5.69 Å². The van der Waals surface area contributed by atoms with Crippen LogP contribution in [0.3, 0.4) is 0 Å². The van der Waals surface area contributed by atoms with Gasteiger partial charge in [-0.25, -0.2) is 4.79 Å². The molecule has 0 saturated carbocycles. The maximum atomic E-state index is 13.4. The number of aromatic nitrogens is 6. The molecule has 1 aliphatic heterocycles. The van der Waals surface area contributed by atoms with Gasteiger partial charge in [-0.05, 0) is 11.5 Å². The lowest BCUT2D eigenvalue weighted by molar-refractivity contribution is 0.394. The fraction of sp³-hybridized carbons (Fsp3) is 0.375. The van der Waals surface area contributed by atoms with Gasteiger partial charge in [0.15, 0.2) is 5.65 Å². The van der Waals surface area contributed by atoms with Crippen LogP contribution in [0.5, 0.6) is 0 Å². The summed E-state index contributed by atoms with van der Waals surface area (Å²) in [6.07, 6.45) is 1.75. The maximum Gasteiger partial charge on any atom is 0.332 e. The molecule has 35 heavy (non-hydrogen) atoms. The highest BCUT2D eigenvalue weighted by molar-refractivity contribution is 6.36. The molecule has 4 heterocycles. The summed E-state index contributed by atoms with van der Waals surface area (Å²) in [5.74, 6) is 0.177. The summed E-state index contributed by atoms with van der Waals surface area (Å²) in [5.41, 5.74) is 3.36. The summed E-state index contributed by atoms with van der Waals surface area (Å²) < 4.78 is 4.43. The predicted molar refractivity (Wildman–Crippen MR) is 136 cm³/mol.